The van der Waals surface area contributed by atoms with Crippen LogP contribution in [0.3, 0.4) is 0 Å². The van der Waals surface area contributed by atoms with Gasteiger partial charge in [0.2, 0.25) is 0 Å². The number of hydrogen-bond donors (Lipinski definition) is 0. The molecule has 0 aliphatic heterocycles. The van der Waals surface area contributed by atoms with Crippen molar-refractivity contribution in [2.75, 3.05) is 0 Å². The largest absolute Gasteiger partial charge is 0.142 e. The molecule has 3 rings (SSSR count). The summed E-state index contributed by atoms with van der Waals surface area (Å²) < 4.78 is 2.35. The van der Waals surface area contributed by atoms with E-state index < -0.39 is 0 Å². The molecule has 5 heteroatoms. The summed E-state index contributed by atoms with van der Waals surface area (Å²) in [6.07, 6.45) is 0. The highest BCUT2D eigenvalue weighted by atomic mass is 79.9. The van der Waals surface area contributed by atoms with Gasteiger partial charge in [-0.05, 0) is 62.1 Å². The molecule has 0 aliphatic rings. The third-order valence-electron chi connectivity index (χ3n) is 3.09. The zero-order valence-electron chi connectivity index (χ0n) is 10.0. The molecule has 0 nitrogen and oxygen atoms in total. The Morgan fingerprint density at radius 1 is 1.05 bits per heavy atom. The average Bonchev–Trinajstić information content (AvgIpc) is 2.86. The first-order valence-corrected chi connectivity index (χ1v) is 9.17. The molecule has 0 saturated heterocycles. The summed E-state index contributed by atoms with van der Waals surface area (Å²) in [5.74, 6) is 0. The summed E-state index contributed by atoms with van der Waals surface area (Å²) in [6, 6.07) is 11.8. The van der Waals surface area contributed by atoms with E-state index in [4.69, 9.17) is 23.2 Å². The molecule has 0 bridgehead atoms. The van der Waals surface area contributed by atoms with Gasteiger partial charge in [0.1, 0.15) is 0 Å². The van der Waals surface area contributed by atoms with Crippen LogP contribution in [0.2, 0.25) is 10.0 Å². The number of alkyl halides is 1. The molecule has 1 heterocycles. The predicted octanol–water partition coefficient (Wildman–Crippen LogP) is 7.45. The zero-order valence-corrected chi connectivity index (χ0v) is 15.5. The number of rotatable bonds is 2. The maximum absolute atomic E-state index is 6.30. The third-order valence-corrected chi connectivity index (χ3v) is 6.62. The highest BCUT2D eigenvalue weighted by molar-refractivity contribution is 9.10. The highest BCUT2D eigenvalue weighted by Crippen LogP contribution is 2.43. The molecule has 0 spiro atoms. The molecule has 0 N–H and O–H groups in total. The zero-order chi connectivity index (χ0) is 14.3. The summed E-state index contributed by atoms with van der Waals surface area (Å²) in [7, 11) is 0. The van der Waals surface area contributed by atoms with E-state index in [0.29, 0.717) is 10.0 Å². The Morgan fingerprint density at radius 2 is 1.85 bits per heavy atom. The van der Waals surface area contributed by atoms with Gasteiger partial charge < -0.3 is 0 Å². The fourth-order valence-corrected chi connectivity index (χ4v) is 5.23. The number of fused-ring (bicyclic) bond motifs is 1. The lowest BCUT2D eigenvalue weighted by molar-refractivity contribution is 1.21. The quantitative estimate of drug-likeness (QED) is 0.355. The van der Waals surface area contributed by atoms with Crippen LogP contribution in [0.25, 0.3) is 10.1 Å². The van der Waals surface area contributed by atoms with Gasteiger partial charge in [-0.15, -0.1) is 11.3 Å². The molecule has 1 unspecified atom stereocenters. The maximum Gasteiger partial charge on any atom is 0.0673 e. The van der Waals surface area contributed by atoms with Gasteiger partial charge >= 0.3 is 0 Å². The lowest BCUT2D eigenvalue weighted by Crippen LogP contribution is -1.93. The van der Waals surface area contributed by atoms with E-state index >= 15 is 0 Å². The molecular formula is C15H8Br2Cl2S. The van der Waals surface area contributed by atoms with Crippen LogP contribution in [0.1, 0.15) is 16.0 Å². The van der Waals surface area contributed by atoms with E-state index in [9.17, 15) is 0 Å². The molecule has 2 aromatic carbocycles. The van der Waals surface area contributed by atoms with Crippen molar-refractivity contribution < 1.29 is 0 Å². The van der Waals surface area contributed by atoms with Crippen LogP contribution in [0.5, 0.6) is 0 Å². The second-order valence-corrected chi connectivity index (χ2v) is 7.83. The molecule has 0 radical (unpaired) electrons. The molecule has 0 amide bonds. The minimum absolute atomic E-state index is 0.0248. The Labute approximate surface area is 148 Å². The van der Waals surface area contributed by atoms with Crippen molar-refractivity contribution in [1.82, 2.24) is 0 Å². The fourth-order valence-electron chi connectivity index (χ4n) is 2.11. The third kappa shape index (κ3) is 2.67. The van der Waals surface area contributed by atoms with Gasteiger partial charge in [0.25, 0.3) is 0 Å². The molecule has 20 heavy (non-hydrogen) atoms. The van der Waals surface area contributed by atoms with Crippen LogP contribution in [-0.4, -0.2) is 0 Å². The van der Waals surface area contributed by atoms with Gasteiger partial charge in [-0.25, -0.2) is 0 Å². The fraction of sp³-hybridized carbons (Fsp3) is 0.0667. The summed E-state index contributed by atoms with van der Waals surface area (Å²) in [4.78, 5) is 0.0248. The summed E-state index contributed by atoms with van der Waals surface area (Å²) in [5.41, 5.74) is 2.19. The molecular weight excluding hydrogens is 443 g/mol. The Balaban J connectivity index is 2.15. The van der Waals surface area contributed by atoms with Crippen LogP contribution in [0.15, 0.2) is 46.3 Å². The van der Waals surface area contributed by atoms with E-state index in [1.165, 1.54) is 15.6 Å². The van der Waals surface area contributed by atoms with E-state index in [1.54, 1.807) is 17.4 Å². The van der Waals surface area contributed by atoms with E-state index in [0.717, 1.165) is 10.0 Å². The first kappa shape index (κ1) is 14.9. The maximum atomic E-state index is 6.30. The Hall–Kier alpha value is -0.0600. The van der Waals surface area contributed by atoms with Crippen LogP contribution >= 0.6 is 66.4 Å². The van der Waals surface area contributed by atoms with Crippen molar-refractivity contribution in [2.45, 2.75) is 4.83 Å². The molecule has 0 aliphatic carbocycles. The Bertz CT molecular complexity index is 783. The van der Waals surface area contributed by atoms with Crippen molar-refractivity contribution in [3.8, 4) is 0 Å². The number of benzene rings is 2. The number of hydrogen-bond acceptors (Lipinski definition) is 1. The molecule has 3 aromatic rings. The summed E-state index contributed by atoms with van der Waals surface area (Å²) in [5, 5.41) is 4.79. The van der Waals surface area contributed by atoms with Gasteiger partial charge in [0.05, 0.1) is 4.83 Å². The van der Waals surface area contributed by atoms with Crippen LogP contribution in [0, 0.1) is 0 Å². The lowest BCUT2D eigenvalue weighted by Gasteiger charge is -2.12. The van der Waals surface area contributed by atoms with Gasteiger partial charge in [-0.1, -0.05) is 51.3 Å². The van der Waals surface area contributed by atoms with Crippen LogP contribution in [-0.2, 0) is 0 Å². The Kier molecular flexibility index (Phi) is 4.44. The van der Waals surface area contributed by atoms with E-state index in [-0.39, 0.29) is 4.83 Å². The molecule has 0 saturated carbocycles. The minimum Gasteiger partial charge on any atom is -0.142 e. The van der Waals surface area contributed by atoms with Crippen LogP contribution in [0.4, 0.5) is 0 Å². The first-order valence-electron chi connectivity index (χ1n) is 5.82. The van der Waals surface area contributed by atoms with Crippen molar-refractivity contribution in [3.63, 3.8) is 0 Å². The topological polar surface area (TPSA) is 0 Å². The molecule has 1 atom stereocenters. The van der Waals surface area contributed by atoms with Gasteiger partial charge in [-0.2, -0.15) is 0 Å². The minimum atomic E-state index is 0.0248. The van der Waals surface area contributed by atoms with Gasteiger partial charge in [-0.3, -0.25) is 0 Å². The first-order chi connectivity index (χ1) is 9.58. The summed E-state index contributed by atoms with van der Waals surface area (Å²) >= 11 is 21.4. The normalized spacial score (nSPS) is 12.8. The number of halogens is 4. The van der Waals surface area contributed by atoms with Crippen molar-refractivity contribution in [1.29, 1.82) is 0 Å². The van der Waals surface area contributed by atoms with E-state index in [2.05, 4.69) is 49.4 Å². The monoisotopic (exact) mass is 448 g/mol. The van der Waals surface area contributed by atoms with Crippen LogP contribution < -0.4 is 0 Å². The van der Waals surface area contributed by atoms with Gasteiger partial charge in [0, 0.05) is 19.2 Å². The second kappa shape index (κ2) is 5.98. The van der Waals surface area contributed by atoms with Crippen molar-refractivity contribution >= 4 is 76.5 Å². The number of thiophene rings is 1. The smallest absolute Gasteiger partial charge is 0.0673 e. The lowest BCUT2D eigenvalue weighted by atomic mass is 10.0. The molecule has 102 valence electrons. The standard InChI is InChI=1S/C15H8Br2Cl2S/c16-12-3-1-2-9-11(7-20-15(9)12)14(17)10-6-8(18)4-5-13(10)19/h1-7,14H. The predicted molar refractivity (Wildman–Crippen MR) is 96.8 cm³/mol. The van der Waals surface area contributed by atoms with Gasteiger partial charge in [0.15, 0.2) is 0 Å². The second-order valence-electron chi connectivity index (χ2n) is 4.34. The summed E-state index contributed by atoms with van der Waals surface area (Å²) in [6.45, 7) is 0. The SMILES string of the molecule is Clc1ccc(Cl)c(C(Br)c2csc3c(Br)cccc23)c1. The molecule has 1 aromatic heterocycles. The average molecular weight is 451 g/mol. The Morgan fingerprint density at radius 3 is 2.65 bits per heavy atom. The van der Waals surface area contributed by atoms with Crippen molar-refractivity contribution in [3.05, 3.63) is 67.4 Å². The van der Waals surface area contributed by atoms with Crippen molar-refractivity contribution in [2.24, 2.45) is 0 Å². The highest BCUT2D eigenvalue weighted by Gasteiger charge is 2.18. The van der Waals surface area contributed by atoms with E-state index in [1.807, 2.05) is 18.2 Å². The molecule has 0 fully saturated rings.